The molecule has 1 aromatic heterocycles. The molecular weight excluding hydrogens is 244 g/mol. The number of hydrogen-bond acceptors (Lipinski definition) is 3. The van der Waals surface area contributed by atoms with Gasteiger partial charge in [-0.2, -0.15) is 0 Å². The number of aromatic nitrogens is 1. The van der Waals surface area contributed by atoms with Gasteiger partial charge in [-0.05, 0) is 23.6 Å². The van der Waals surface area contributed by atoms with E-state index in [-0.39, 0.29) is 11.4 Å². The number of carboxylic acids is 1. The van der Waals surface area contributed by atoms with Crippen LogP contribution in [0.4, 0.5) is 5.82 Å². The summed E-state index contributed by atoms with van der Waals surface area (Å²) in [7, 11) is 0. The van der Waals surface area contributed by atoms with Gasteiger partial charge in [0, 0.05) is 5.56 Å². The average molecular weight is 258 g/mol. The Labute approximate surface area is 109 Å². The van der Waals surface area contributed by atoms with E-state index in [1.54, 1.807) is 12.1 Å². The van der Waals surface area contributed by atoms with Crippen LogP contribution in [0.25, 0.3) is 11.1 Å². The summed E-state index contributed by atoms with van der Waals surface area (Å²) in [6.07, 6.45) is 0.892. The molecule has 98 valence electrons. The van der Waals surface area contributed by atoms with E-state index < -0.39 is 11.5 Å². The second-order valence-corrected chi connectivity index (χ2v) is 4.20. The predicted octanol–water partition coefficient (Wildman–Crippen LogP) is 1.88. The minimum absolute atomic E-state index is 0.143. The highest BCUT2D eigenvalue weighted by Crippen LogP contribution is 2.23. The first kappa shape index (κ1) is 12.9. The van der Waals surface area contributed by atoms with Crippen LogP contribution in [-0.4, -0.2) is 16.1 Å². The van der Waals surface area contributed by atoms with Gasteiger partial charge in [-0.3, -0.25) is 4.79 Å². The minimum atomic E-state index is -1.27. The number of nitrogen functional groups attached to an aromatic ring is 1. The Bertz CT molecular complexity index is 672. The molecule has 4 N–H and O–H groups in total. The Morgan fingerprint density at radius 2 is 1.95 bits per heavy atom. The molecule has 0 atom stereocenters. The fraction of sp³-hybridized carbons (Fsp3) is 0.143. The van der Waals surface area contributed by atoms with Gasteiger partial charge in [-0.25, -0.2) is 4.79 Å². The molecule has 2 aromatic rings. The van der Waals surface area contributed by atoms with Crippen LogP contribution in [0.2, 0.25) is 0 Å². The second-order valence-electron chi connectivity index (χ2n) is 4.20. The van der Waals surface area contributed by atoms with Crippen molar-refractivity contribution in [3.8, 4) is 11.1 Å². The van der Waals surface area contributed by atoms with Gasteiger partial charge in [-0.15, -0.1) is 0 Å². The number of benzene rings is 1. The maximum Gasteiger partial charge on any atom is 0.341 e. The molecule has 0 radical (unpaired) electrons. The smallest absolute Gasteiger partial charge is 0.341 e. The first-order valence-corrected chi connectivity index (χ1v) is 5.88. The maximum atomic E-state index is 11.7. The predicted molar refractivity (Wildman–Crippen MR) is 73.2 cm³/mol. The second kappa shape index (κ2) is 4.97. The van der Waals surface area contributed by atoms with Gasteiger partial charge in [0.1, 0.15) is 11.4 Å². The van der Waals surface area contributed by atoms with Crippen LogP contribution in [0.1, 0.15) is 22.8 Å². The van der Waals surface area contributed by atoms with Crippen molar-refractivity contribution in [2.45, 2.75) is 13.3 Å². The molecule has 0 unspecified atom stereocenters. The fourth-order valence-electron chi connectivity index (χ4n) is 1.94. The molecule has 5 heteroatoms. The molecule has 19 heavy (non-hydrogen) atoms. The van der Waals surface area contributed by atoms with Crippen molar-refractivity contribution in [2.24, 2.45) is 0 Å². The number of nitrogens with one attached hydrogen (secondary N) is 1. The molecule has 5 nitrogen and oxygen atoms in total. The minimum Gasteiger partial charge on any atom is -0.477 e. The van der Waals surface area contributed by atoms with Gasteiger partial charge in [0.05, 0.1) is 0 Å². The lowest BCUT2D eigenvalue weighted by Gasteiger charge is -2.07. The van der Waals surface area contributed by atoms with Crippen LogP contribution in [0.3, 0.4) is 0 Å². The number of rotatable bonds is 3. The van der Waals surface area contributed by atoms with E-state index in [4.69, 9.17) is 10.8 Å². The number of carboxylic acid groups (broad SMARTS) is 1. The van der Waals surface area contributed by atoms with Gasteiger partial charge in [0.2, 0.25) is 0 Å². The van der Waals surface area contributed by atoms with E-state index in [2.05, 4.69) is 4.98 Å². The highest BCUT2D eigenvalue weighted by atomic mass is 16.4. The first-order chi connectivity index (χ1) is 9.02. The number of aromatic amines is 1. The third-order valence-corrected chi connectivity index (χ3v) is 2.94. The Morgan fingerprint density at radius 1 is 1.32 bits per heavy atom. The Kier molecular flexibility index (Phi) is 3.37. The summed E-state index contributed by atoms with van der Waals surface area (Å²) in [6.45, 7) is 2.03. The van der Waals surface area contributed by atoms with Crippen LogP contribution >= 0.6 is 0 Å². The van der Waals surface area contributed by atoms with Gasteiger partial charge in [0.25, 0.3) is 5.56 Å². The van der Waals surface area contributed by atoms with E-state index in [1.165, 1.54) is 6.07 Å². The lowest BCUT2D eigenvalue weighted by atomic mass is 9.99. The molecule has 0 saturated carbocycles. The third kappa shape index (κ3) is 2.49. The first-order valence-electron chi connectivity index (χ1n) is 5.88. The Balaban J connectivity index is 2.66. The van der Waals surface area contributed by atoms with Crippen molar-refractivity contribution < 1.29 is 9.90 Å². The Hall–Kier alpha value is -2.56. The van der Waals surface area contributed by atoms with Gasteiger partial charge in [-0.1, -0.05) is 31.2 Å². The SMILES string of the molecule is CCc1ccc(-c2cc(N)[nH]c(=O)c2C(=O)O)cc1. The standard InChI is InChI=1S/C14H14N2O3/c1-2-8-3-5-9(6-4-8)10-7-11(15)16-13(17)12(10)14(18)19/h3-7H,2H2,1H3,(H,18,19)(H3,15,16,17). The zero-order chi connectivity index (χ0) is 14.0. The monoisotopic (exact) mass is 258 g/mol. The van der Waals surface area contributed by atoms with Crippen molar-refractivity contribution in [3.05, 3.63) is 51.8 Å². The van der Waals surface area contributed by atoms with Crippen LogP contribution in [0.15, 0.2) is 35.1 Å². The number of anilines is 1. The van der Waals surface area contributed by atoms with E-state index >= 15 is 0 Å². The molecule has 0 amide bonds. The Morgan fingerprint density at radius 3 is 2.47 bits per heavy atom. The quantitative estimate of drug-likeness (QED) is 0.783. The fourth-order valence-corrected chi connectivity index (χ4v) is 1.94. The molecule has 0 bridgehead atoms. The molecule has 0 saturated heterocycles. The number of H-pyrrole nitrogens is 1. The zero-order valence-corrected chi connectivity index (χ0v) is 10.4. The van der Waals surface area contributed by atoms with E-state index in [1.807, 2.05) is 19.1 Å². The van der Waals surface area contributed by atoms with E-state index in [9.17, 15) is 9.59 Å². The lowest BCUT2D eigenvalue weighted by molar-refractivity contribution is 0.0696. The molecule has 0 spiro atoms. The topological polar surface area (TPSA) is 96.2 Å². The summed E-state index contributed by atoms with van der Waals surface area (Å²) in [5.74, 6) is -1.12. The summed E-state index contributed by atoms with van der Waals surface area (Å²) >= 11 is 0. The van der Waals surface area contributed by atoms with Crippen LogP contribution in [0, 0.1) is 0 Å². The largest absolute Gasteiger partial charge is 0.477 e. The van der Waals surface area contributed by atoms with Gasteiger partial charge in [0.15, 0.2) is 0 Å². The van der Waals surface area contributed by atoms with Gasteiger partial charge >= 0.3 is 5.97 Å². The molecule has 1 heterocycles. The van der Waals surface area contributed by atoms with Crippen LogP contribution in [0.5, 0.6) is 0 Å². The highest BCUT2D eigenvalue weighted by molar-refractivity contribution is 5.96. The summed E-state index contributed by atoms with van der Waals surface area (Å²) < 4.78 is 0. The third-order valence-electron chi connectivity index (χ3n) is 2.94. The average Bonchev–Trinajstić information content (AvgIpc) is 2.37. The van der Waals surface area contributed by atoms with Crippen molar-refractivity contribution in [1.82, 2.24) is 4.98 Å². The summed E-state index contributed by atoms with van der Waals surface area (Å²) in [5.41, 5.74) is 6.71. The number of nitrogens with two attached hydrogens (primary N) is 1. The highest BCUT2D eigenvalue weighted by Gasteiger charge is 2.17. The molecule has 0 aliphatic carbocycles. The molecule has 2 rings (SSSR count). The van der Waals surface area contributed by atoms with E-state index in [0.717, 1.165) is 12.0 Å². The number of aryl methyl sites for hydroxylation is 1. The van der Waals surface area contributed by atoms with Crippen LogP contribution < -0.4 is 11.3 Å². The van der Waals surface area contributed by atoms with Gasteiger partial charge < -0.3 is 15.8 Å². The van der Waals surface area contributed by atoms with Crippen molar-refractivity contribution in [2.75, 3.05) is 5.73 Å². The molecule has 1 aromatic carbocycles. The molecular formula is C14H14N2O3. The van der Waals surface area contributed by atoms with Crippen molar-refractivity contribution >= 4 is 11.8 Å². The molecule has 0 aliphatic rings. The molecule has 0 aliphatic heterocycles. The van der Waals surface area contributed by atoms with Crippen molar-refractivity contribution in [1.29, 1.82) is 0 Å². The normalized spacial score (nSPS) is 10.4. The zero-order valence-electron chi connectivity index (χ0n) is 10.4. The number of carbonyl (C=O) groups is 1. The summed E-state index contributed by atoms with van der Waals surface area (Å²) in [4.78, 5) is 25.2. The summed E-state index contributed by atoms with van der Waals surface area (Å²) in [5, 5.41) is 9.14. The lowest BCUT2D eigenvalue weighted by Crippen LogP contribution is -2.20. The number of hydrogen-bond donors (Lipinski definition) is 3. The number of pyridine rings is 1. The maximum absolute atomic E-state index is 11.7. The number of aromatic carboxylic acids is 1. The van der Waals surface area contributed by atoms with Crippen LogP contribution in [-0.2, 0) is 6.42 Å². The molecule has 0 fully saturated rings. The summed E-state index contributed by atoms with van der Waals surface area (Å²) in [6, 6.07) is 8.85. The van der Waals surface area contributed by atoms with E-state index in [0.29, 0.717) is 11.1 Å². The van der Waals surface area contributed by atoms with Crippen molar-refractivity contribution in [3.63, 3.8) is 0 Å².